The first kappa shape index (κ1) is 23.5. The van der Waals surface area contributed by atoms with Crippen molar-refractivity contribution in [2.75, 3.05) is 23.0 Å². The van der Waals surface area contributed by atoms with Crippen LogP contribution in [0.15, 0.2) is 52.9 Å². The van der Waals surface area contributed by atoms with Gasteiger partial charge in [0.25, 0.3) is 5.91 Å². The summed E-state index contributed by atoms with van der Waals surface area (Å²) in [7, 11) is 0. The molecular formula is C20H17F3N4O3S2. The third-order valence-electron chi connectivity index (χ3n) is 3.85. The van der Waals surface area contributed by atoms with E-state index in [0.717, 1.165) is 35.2 Å². The Kier molecular flexibility index (Phi) is 7.70. The molecule has 0 bridgehead atoms. The molecule has 1 heterocycles. The van der Waals surface area contributed by atoms with Crippen molar-refractivity contribution in [1.29, 1.82) is 0 Å². The van der Waals surface area contributed by atoms with Crippen molar-refractivity contribution in [3.63, 3.8) is 0 Å². The van der Waals surface area contributed by atoms with Crippen LogP contribution in [0.2, 0.25) is 0 Å². The highest BCUT2D eigenvalue weighted by molar-refractivity contribution is 8.01. The number of aromatic nitrogens is 2. The van der Waals surface area contributed by atoms with E-state index in [4.69, 9.17) is 4.74 Å². The topological polar surface area (TPSA) is 93.2 Å². The predicted molar refractivity (Wildman–Crippen MR) is 116 cm³/mol. The zero-order valence-electron chi connectivity index (χ0n) is 16.6. The Morgan fingerprint density at radius 3 is 2.53 bits per heavy atom. The molecular weight excluding hydrogens is 465 g/mol. The Labute approximate surface area is 189 Å². The van der Waals surface area contributed by atoms with Gasteiger partial charge >= 0.3 is 6.18 Å². The number of alkyl halides is 3. The standard InChI is InChI=1S/C20H17F3N4O3S2/c1-2-30-15-8-6-12(7-9-15)17(29)25-18-26-27-19(32-18)31-11-16(28)24-14-5-3-4-13(10-14)20(21,22)23/h3-10H,2,11H2,1H3,(H,24,28)(H,25,26,29). The second kappa shape index (κ2) is 10.5. The predicted octanol–water partition coefficient (Wildman–Crippen LogP) is 4.94. The molecule has 0 spiro atoms. The van der Waals surface area contributed by atoms with E-state index in [0.29, 0.717) is 22.3 Å². The van der Waals surface area contributed by atoms with Crippen LogP contribution >= 0.6 is 23.1 Å². The van der Waals surface area contributed by atoms with Crippen molar-refractivity contribution >= 4 is 45.7 Å². The van der Waals surface area contributed by atoms with Crippen molar-refractivity contribution in [3.8, 4) is 5.75 Å². The van der Waals surface area contributed by atoms with Crippen LogP contribution in [0, 0.1) is 0 Å². The minimum Gasteiger partial charge on any atom is -0.494 e. The molecule has 0 saturated heterocycles. The van der Waals surface area contributed by atoms with Crippen LogP contribution in [0.25, 0.3) is 0 Å². The van der Waals surface area contributed by atoms with E-state index >= 15 is 0 Å². The second-order valence-corrected chi connectivity index (χ2v) is 8.40. The van der Waals surface area contributed by atoms with E-state index in [9.17, 15) is 22.8 Å². The Bertz CT molecular complexity index is 1090. The number of thioether (sulfide) groups is 1. The molecule has 2 N–H and O–H groups in total. The van der Waals surface area contributed by atoms with Crippen LogP contribution < -0.4 is 15.4 Å². The van der Waals surface area contributed by atoms with E-state index < -0.39 is 17.6 Å². The van der Waals surface area contributed by atoms with Crippen molar-refractivity contribution in [3.05, 3.63) is 59.7 Å². The van der Waals surface area contributed by atoms with Crippen LogP contribution in [0.3, 0.4) is 0 Å². The van der Waals surface area contributed by atoms with E-state index in [2.05, 4.69) is 20.8 Å². The van der Waals surface area contributed by atoms with Gasteiger partial charge in [-0.05, 0) is 49.4 Å². The fourth-order valence-corrected chi connectivity index (χ4v) is 4.00. The molecule has 12 heteroatoms. The Morgan fingerprint density at radius 1 is 1.09 bits per heavy atom. The summed E-state index contributed by atoms with van der Waals surface area (Å²) in [5, 5.41) is 13.1. The lowest BCUT2D eigenvalue weighted by atomic mass is 10.2. The van der Waals surface area contributed by atoms with Gasteiger partial charge in [0.2, 0.25) is 11.0 Å². The molecule has 0 fully saturated rings. The first-order valence-electron chi connectivity index (χ1n) is 9.22. The smallest absolute Gasteiger partial charge is 0.416 e. The van der Waals surface area contributed by atoms with Crippen molar-refractivity contribution in [2.45, 2.75) is 17.4 Å². The van der Waals surface area contributed by atoms with Gasteiger partial charge in [0, 0.05) is 11.3 Å². The molecule has 3 aromatic rings. The molecule has 0 atom stereocenters. The number of carbonyl (C=O) groups is 2. The van der Waals surface area contributed by atoms with Gasteiger partial charge in [-0.25, -0.2) is 0 Å². The molecule has 168 valence electrons. The maximum Gasteiger partial charge on any atom is 0.416 e. The number of hydrogen-bond acceptors (Lipinski definition) is 7. The number of halogens is 3. The molecule has 1 aromatic heterocycles. The molecule has 7 nitrogen and oxygen atoms in total. The van der Waals surface area contributed by atoms with Gasteiger partial charge in [0.05, 0.1) is 17.9 Å². The number of ether oxygens (including phenoxy) is 1. The van der Waals surface area contributed by atoms with Gasteiger partial charge in [0.1, 0.15) is 5.75 Å². The van der Waals surface area contributed by atoms with Crippen LogP contribution in [0.4, 0.5) is 24.0 Å². The summed E-state index contributed by atoms with van der Waals surface area (Å²) < 4.78 is 44.0. The molecule has 0 aliphatic carbocycles. The van der Waals surface area contributed by atoms with Crippen molar-refractivity contribution < 1.29 is 27.5 Å². The second-order valence-electron chi connectivity index (χ2n) is 6.20. The van der Waals surface area contributed by atoms with E-state index in [1.54, 1.807) is 24.3 Å². The van der Waals surface area contributed by atoms with E-state index in [1.165, 1.54) is 12.1 Å². The zero-order valence-corrected chi connectivity index (χ0v) is 18.2. The Balaban J connectivity index is 1.50. The van der Waals surface area contributed by atoms with Crippen LogP contribution in [0.1, 0.15) is 22.8 Å². The van der Waals surface area contributed by atoms with Crippen LogP contribution in [-0.4, -0.2) is 34.4 Å². The molecule has 3 rings (SSSR count). The number of nitrogens with one attached hydrogen (secondary N) is 2. The fraction of sp³-hybridized carbons (Fsp3) is 0.200. The summed E-state index contributed by atoms with van der Waals surface area (Å²) in [6.07, 6.45) is -4.49. The van der Waals surface area contributed by atoms with Crippen LogP contribution in [-0.2, 0) is 11.0 Å². The lowest BCUT2D eigenvalue weighted by Gasteiger charge is -2.09. The minimum absolute atomic E-state index is 0.0472. The quantitative estimate of drug-likeness (QED) is 0.349. The molecule has 0 unspecified atom stereocenters. The third-order valence-corrected chi connectivity index (χ3v) is 5.83. The number of carbonyl (C=O) groups excluding carboxylic acids is 2. The summed E-state index contributed by atoms with van der Waals surface area (Å²) in [6.45, 7) is 2.38. The monoisotopic (exact) mass is 482 g/mol. The highest BCUT2D eigenvalue weighted by Crippen LogP contribution is 2.31. The van der Waals surface area contributed by atoms with E-state index in [1.807, 2.05) is 6.92 Å². The maximum atomic E-state index is 12.8. The molecule has 2 aromatic carbocycles. The molecule has 2 amide bonds. The largest absolute Gasteiger partial charge is 0.494 e. The summed E-state index contributed by atoms with van der Waals surface area (Å²) in [4.78, 5) is 24.3. The fourth-order valence-electron chi connectivity index (χ4n) is 2.45. The molecule has 0 aliphatic rings. The van der Waals surface area contributed by atoms with Gasteiger partial charge in [-0.1, -0.05) is 29.2 Å². The minimum atomic E-state index is -4.49. The summed E-state index contributed by atoms with van der Waals surface area (Å²) >= 11 is 2.13. The maximum absolute atomic E-state index is 12.8. The summed E-state index contributed by atoms with van der Waals surface area (Å²) in [5.74, 6) is -0.299. The molecule has 32 heavy (non-hydrogen) atoms. The first-order valence-corrected chi connectivity index (χ1v) is 11.0. The Hall–Kier alpha value is -3.12. The van der Waals surface area contributed by atoms with Gasteiger partial charge in [0.15, 0.2) is 4.34 Å². The SMILES string of the molecule is CCOc1ccc(C(=O)Nc2nnc(SCC(=O)Nc3cccc(C(F)(F)F)c3)s2)cc1. The highest BCUT2D eigenvalue weighted by Gasteiger charge is 2.30. The number of benzene rings is 2. The summed E-state index contributed by atoms with van der Waals surface area (Å²) in [5.41, 5.74) is -0.385. The zero-order chi connectivity index (χ0) is 23.1. The number of amides is 2. The lowest BCUT2D eigenvalue weighted by Crippen LogP contribution is -2.15. The normalized spacial score (nSPS) is 11.1. The average molecular weight is 483 g/mol. The van der Waals surface area contributed by atoms with E-state index in [-0.39, 0.29) is 22.5 Å². The highest BCUT2D eigenvalue weighted by atomic mass is 32.2. The third kappa shape index (κ3) is 6.69. The van der Waals surface area contributed by atoms with Gasteiger partial charge in [-0.3, -0.25) is 14.9 Å². The number of hydrogen-bond donors (Lipinski definition) is 2. The van der Waals surface area contributed by atoms with Crippen molar-refractivity contribution in [1.82, 2.24) is 10.2 Å². The molecule has 0 saturated carbocycles. The van der Waals surface area contributed by atoms with Crippen LogP contribution in [0.5, 0.6) is 5.75 Å². The van der Waals surface area contributed by atoms with Crippen molar-refractivity contribution in [2.24, 2.45) is 0 Å². The average Bonchev–Trinajstić information content (AvgIpc) is 3.20. The summed E-state index contributed by atoms with van der Waals surface area (Å²) in [6, 6.07) is 11.0. The molecule has 0 aliphatic heterocycles. The lowest BCUT2D eigenvalue weighted by molar-refractivity contribution is -0.137. The van der Waals surface area contributed by atoms with Gasteiger partial charge in [-0.2, -0.15) is 13.2 Å². The number of rotatable bonds is 8. The van der Waals surface area contributed by atoms with Gasteiger partial charge < -0.3 is 10.1 Å². The Morgan fingerprint density at radius 2 is 1.84 bits per heavy atom. The number of anilines is 2. The van der Waals surface area contributed by atoms with Gasteiger partial charge in [-0.15, -0.1) is 10.2 Å². The number of nitrogens with zero attached hydrogens (tertiary/aromatic N) is 2. The molecule has 0 radical (unpaired) electrons. The first-order chi connectivity index (χ1) is 15.2.